The minimum atomic E-state index is -0.461. The number of carbonyl (C=O) groups is 1. The molecule has 0 saturated heterocycles. The number of nitrogens with one attached hydrogen (secondary N) is 1. The Hall–Kier alpha value is -3.48. The summed E-state index contributed by atoms with van der Waals surface area (Å²) in [5, 5.41) is 2.65. The van der Waals surface area contributed by atoms with Gasteiger partial charge in [0.15, 0.2) is 0 Å². The second kappa shape index (κ2) is 7.87. The van der Waals surface area contributed by atoms with Gasteiger partial charge in [0.1, 0.15) is 11.5 Å². The first kappa shape index (κ1) is 18.9. The molecule has 0 aliphatic carbocycles. The average molecular weight is 391 g/mol. The summed E-state index contributed by atoms with van der Waals surface area (Å²) in [7, 11) is 0. The smallest absolute Gasteiger partial charge is 0.275 e. The highest BCUT2D eigenvalue weighted by atomic mass is 19.1. The number of rotatable bonds is 3. The number of hydrogen-bond donors (Lipinski definition) is 2. The summed E-state index contributed by atoms with van der Waals surface area (Å²) in [4.78, 5) is 23.7. The van der Waals surface area contributed by atoms with E-state index in [1.807, 2.05) is 18.2 Å². The molecule has 0 radical (unpaired) electrons. The summed E-state index contributed by atoms with van der Waals surface area (Å²) in [5.41, 5.74) is 10.3. The molecule has 0 bridgehead atoms. The molecule has 1 aliphatic rings. The quantitative estimate of drug-likeness (QED) is 0.518. The van der Waals surface area contributed by atoms with Crippen molar-refractivity contribution < 1.29 is 9.18 Å². The summed E-state index contributed by atoms with van der Waals surface area (Å²) in [6.45, 7) is 4.11. The summed E-state index contributed by atoms with van der Waals surface area (Å²) < 4.78 is 13.2. The maximum atomic E-state index is 13.2. The minimum Gasteiger partial charge on any atom is -0.397 e. The van der Waals surface area contributed by atoms with Crippen LogP contribution in [0.15, 0.2) is 54.2 Å². The van der Waals surface area contributed by atoms with Gasteiger partial charge < -0.3 is 16.0 Å². The van der Waals surface area contributed by atoms with Crippen molar-refractivity contribution in [3.05, 3.63) is 65.8 Å². The third-order valence-electron chi connectivity index (χ3n) is 5.05. The third kappa shape index (κ3) is 4.18. The Balaban J connectivity index is 1.54. The van der Waals surface area contributed by atoms with Crippen molar-refractivity contribution in [1.82, 2.24) is 9.97 Å². The molecule has 29 heavy (non-hydrogen) atoms. The summed E-state index contributed by atoms with van der Waals surface area (Å²) >= 11 is 0. The van der Waals surface area contributed by atoms with Crippen molar-refractivity contribution in [2.75, 3.05) is 29.0 Å². The largest absolute Gasteiger partial charge is 0.397 e. The van der Waals surface area contributed by atoms with Crippen LogP contribution in [0.1, 0.15) is 30.3 Å². The number of benzene rings is 2. The zero-order valence-electron chi connectivity index (χ0n) is 16.2. The first-order valence-corrected chi connectivity index (χ1v) is 9.53. The molecule has 2 heterocycles. The fourth-order valence-electron chi connectivity index (χ4n) is 3.39. The molecular weight excluding hydrogens is 369 g/mol. The van der Waals surface area contributed by atoms with Crippen molar-refractivity contribution in [2.45, 2.75) is 19.8 Å². The Labute approximate surface area is 168 Å². The van der Waals surface area contributed by atoms with Gasteiger partial charge in [0.05, 0.1) is 28.6 Å². The normalized spacial score (nSPS) is 14.4. The van der Waals surface area contributed by atoms with E-state index >= 15 is 0 Å². The lowest BCUT2D eigenvalue weighted by atomic mass is 10.2. The summed E-state index contributed by atoms with van der Waals surface area (Å²) in [6.07, 6.45) is 5.81. The van der Waals surface area contributed by atoms with Crippen molar-refractivity contribution in [1.29, 1.82) is 0 Å². The van der Waals surface area contributed by atoms with Gasteiger partial charge in [-0.15, -0.1) is 0 Å². The van der Waals surface area contributed by atoms with Crippen LogP contribution in [-0.2, 0) is 0 Å². The first-order valence-electron chi connectivity index (χ1n) is 9.53. The number of halogens is 1. The first-order chi connectivity index (χ1) is 14.0. The molecule has 1 aromatic heterocycles. The van der Waals surface area contributed by atoms with Gasteiger partial charge in [0.2, 0.25) is 0 Å². The van der Waals surface area contributed by atoms with Gasteiger partial charge in [-0.25, -0.2) is 9.37 Å². The number of fused-ring (bicyclic) bond motifs is 1. The molecule has 6 nitrogen and oxygen atoms in total. The number of nitrogen functional groups attached to an aromatic ring is 1. The molecule has 2 aromatic carbocycles. The topological polar surface area (TPSA) is 84.1 Å². The Morgan fingerprint density at radius 2 is 2.03 bits per heavy atom. The molecule has 4 rings (SSSR count). The van der Waals surface area contributed by atoms with Crippen molar-refractivity contribution >= 4 is 34.0 Å². The lowest BCUT2D eigenvalue weighted by Gasteiger charge is -2.23. The van der Waals surface area contributed by atoms with Crippen LogP contribution >= 0.6 is 0 Å². The Morgan fingerprint density at radius 1 is 1.17 bits per heavy atom. The number of amides is 1. The number of nitrogens with zero attached hydrogens (tertiary/aromatic N) is 3. The average Bonchev–Trinajstić information content (AvgIpc) is 2.93. The van der Waals surface area contributed by atoms with E-state index in [-0.39, 0.29) is 11.4 Å². The highest BCUT2D eigenvalue weighted by Crippen LogP contribution is 2.24. The van der Waals surface area contributed by atoms with Crippen molar-refractivity contribution in [3.63, 3.8) is 0 Å². The van der Waals surface area contributed by atoms with E-state index in [0.717, 1.165) is 43.2 Å². The van der Waals surface area contributed by atoms with Crippen LogP contribution in [0.5, 0.6) is 0 Å². The Morgan fingerprint density at radius 3 is 2.86 bits per heavy atom. The molecule has 0 unspecified atom stereocenters. The van der Waals surface area contributed by atoms with Crippen LogP contribution in [0, 0.1) is 5.82 Å². The molecule has 0 saturated carbocycles. The molecule has 3 N–H and O–H groups in total. The monoisotopic (exact) mass is 391 g/mol. The predicted octanol–water partition coefficient (Wildman–Crippen LogP) is 4.15. The van der Waals surface area contributed by atoms with E-state index in [9.17, 15) is 9.18 Å². The van der Waals surface area contributed by atoms with Gasteiger partial charge >= 0.3 is 0 Å². The highest BCUT2D eigenvalue weighted by Gasteiger charge is 2.14. The molecule has 1 aliphatic heterocycles. The third-order valence-corrected chi connectivity index (χ3v) is 5.05. The second-order valence-electron chi connectivity index (χ2n) is 7.19. The summed E-state index contributed by atoms with van der Waals surface area (Å²) in [6, 6.07) is 9.70. The van der Waals surface area contributed by atoms with E-state index in [2.05, 4.69) is 33.2 Å². The molecule has 148 valence electrons. The van der Waals surface area contributed by atoms with Gasteiger partial charge in [-0.3, -0.25) is 9.78 Å². The van der Waals surface area contributed by atoms with E-state index in [1.165, 1.54) is 23.9 Å². The standard InChI is InChI=1S/C22H22FN5O/c1-14-3-2-9-28(10-8-14)16-5-7-19-20(12-16)25-13-21(26-19)22(29)27-18-6-4-15(23)11-17(18)24/h3-7,11-13H,2,8-10,24H2,1H3,(H,27,29). The lowest BCUT2D eigenvalue weighted by molar-refractivity contribution is 0.102. The van der Waals surface area contributed by atoms with Gasteiger partial charge in [0, 0.05) is 18.8 Å². The van der Waals surface area contributed by atoms with E-state index in [1.54, 1.807) is 0 Å². The minimum absolute atomic E-state index is 0.152. The number of hydrogen-bond acceptors (Lipinski definition) is 5. The van der Waals surface area contributed by atoms with Crippen LogP contribution < -0.4 is 16.0 Å². The summed E-state index contributed by atoms with van der Waals surface area (Å²) in [5.74, 6) is -0.909. The lowest BCUT2D eigenvalue weighted by Crippen LogP contribution is -2.24. The number of anilines is 3. The molecule has 0 atom stereocenters. The zero-order chi connectivity index (χ0) is 20.4. The molecule has 0 fully saturated rings. The highest BCUT2D eigenvalue weighted by molar-refractivity contribution is 6.05. The van der Waals surface area contributed by atoms with Crippen LogP contribution in [0.4, 0.5) is 21.5 Å². The van der Waals surface area contributed by atoms with Gasteiger partial charge in [-0.05, 0) is 56.2 Å². The predicted molar refractivity (Wildman–Crippen MR) is 114 cm³/mol. The fraction of sp³-hybridized carbons (Fsp3) is 0.227. The SMILES string of the molecule is CC1=CCCN(c2ccc3nc(C(=O)Nc4ccc(F)cc4N)cnc3c2)CC1. The Bertz CT molecular complexity index is 1110. The molecule has 1 amide bonds. The maximum absolute atomic E-state index is 13.2. The van der Waals surface area contributed by atoms with Crippen LogP contribution in [0.2, 0.25) is 0 Å². The second-order valence-corrected chi connectivity index (χ2v) is 7.19. The van der Waals surface area contributed by atoms with Gasteiger partial charge in [0.25, 0.3) is 5.91 Å². The molecular formula is C22H22FN5O. The van der Waals surface area contributed by atoms with Crippen LogP contribution in [0.3, 0.4) is 0 Å². The Kier molecular flexibility index (Phi) is 5.12. The molecule has 3 aromatic rings. The number of nitrogens with two attached hydrogens (primary N) is 1. The number of carbonyl (C=O) groups excluding carboxylic acids is 1. The zero-order valence-corrected chi connectivity index (χ0v) is 16.2. The van der Waals surface area contributed by atoms with Crippen LogP contribution in [-0.4, -0.2) is 29.0 Å². The van der Waals surface area contributed by atoms with E-state index < -0.39 is 11.7 Å². The van der Waals surface area contributed by atoms with Crippen molar-refractivity contribution in [2.24, 2.45) is 0 Å². The van der Waals surface area contributed by atoms with Crippen LogP contribution in [0.25, 0.3) is 11.0 Å². The van der Waals surface area contributed by atoms with Gasteiger partial charge in [-0.1, -0.05) is 11.6 Å². The number of aromatic nitrogens is 2. The van der Waals surface area contributed by atoms with E-state index in [4.69, 9.17) is 5.73 Å². The van der Waals surface area contributed by atoms with Crippen molar-refractivity contribution in [3.8, 4) is 0 Å². The molecule has 7 heteroatoms. The molecule has 0 spiro atoms. The maximum Gasteiger partial charge on any atom is 0.275 e. The fourth-order valence-corrected chi connectivity index (χ4v) is 3.39. The van der Waals surface area contributed by atoms with Gasteiger partial charge in [-0.2, -0.15) is 0 Å². The van der Waals surface area contributed by atoms with E-state index in [0.29, 0.717) is 11.2 Å².